The maximum atomic E-state index is 12.8. The highest BCUT2D eigenvalue weighted by Crippen LogP contribution is 2.32. The van der Waals surface area contributed by atoms with Gasteiger partial charge in [-0.1, -0.05) is 76.1 Å². The predicted molar refractivity (Wildman–Crippen MR) is 122 cm³/mol. The topological polar surface area (TPSA) is 62.5 Å². The SMILES string of the molecule is O=C(Nc1ccc(Cl)cc1C(O)c1ccccc1)c1ccc(-c2ccccc2Br)o1. The summed E-state index contributed by atoms with van der Waals surface area (Å²) in [6.07, 6.45) is -0.937. The van der Waals surface area contributed by atoms with Crippen LogP contribution in [-0.4, -0.2) is 11.0 Å². The van der Waals surface area contributed by atoms with Crippen LogP contribution in [0.2, 0.25) is 5.02 Å². The number of hydrogen-bond donors (Lipinski definition) is 2. The first-order valence-electron chi connectivity index (χ1n) is 9.21. The van der Waals surface area contributed by atoms with Gasteiger partial charge in [0, 0.05) is 26.3 Å². The first kappa shape index (κ1) is 20.4. The number of benzene rings is 3. The minimum atomic E-state index is -0.937. The van der Waals surface area contributed by atoms with Crippen LogP contribution in [-0.2, 0) is 0 Å². The Morgan fingerprint density at radius 1 is 0.967 bits per heavy atom. The molecule has 1 heterocycles. The van der Waals surface area contributed by atoms with Gasteiger partial charge >= 0.3 is 0 Å². The Morgan fingerprint density at radius 2 is 1.70 bits per heavy atom. The highest BCUT2D eigenvalue weighted by atomic mass is 79.9. The molecule has 0 saturated heterocycles. The van der Waals surface area contributed by atoms with E-state index in [1.165, 1.54) is 0 Å². The molecule has 4 rings (SSSR count). The number of halogens is 2. The smallest absolute Gasteiger partial charge is 0.291 e. The molecule has 4 nitrogen and oxygen atoms in total. The molecule has 0 saturated carbocycles. The number of amides is 1. The molecule has 1 aromatic heterocycles. The van der Waals surface area contributed by atoms with Crippen molar-refractivity contribution in [1.29, 1.82) is 0 Å². The normalized spacial score (nSPS) is 11.8. The van der Waals surface area contributed by atoms with Crippen molar-refractivity contribution in [2.45, 2.75) is 6.10 Å². The molecule has 0 aliphatic rings. The standard InChI is InChI=1S/C24H17BrClNO3/c25-19-9-5-4-8-17(19)21-12-13-22(30-21)24(29)27-20-11-10-16(26)14-18(20)23(28)15-6-2-1-3-7-15/h1-14,23,28H,(H,27,29). The van der Waals surface area contributed by atoms with Crippen LogP contribution in [0, 0.1) is 0 Å². The molecule has 3 aromatic carbocycles. The Balaban J connectivity index is 1.61. The summed E-state index contributed by atoms with van der Waals surface area (Å²) >= 11 is 9.63. The van der Waals surface area contributed by atoms with Crippen LogP contribution in [0.15, 0.2) is 93.8 Å². The van der Waals surface area contributed by atoms with Crippen molar-refractivity contribution in [2.24, 2.45) is 0 Å². The first-order chi connectivity index (χ1) is 14.5. The number of aliphatic hydroxyl groups is 1. The number of furan rings is 1. The zero-order valence-electron chi connectivity index (χ0n) is 15.7. The molecule has 0 spiro atoms. The van der Waals surface area contributed by atoms with E-state index < -0.39 is 12.0 Å². The fourth-order valence-electron chi connectivity index (χ4n) is 3.14. The van der Waals surface area contributed by atoms with Crippen LogP contribution < -0.4 is 5.32 Å². The molecule has 0 aliphatic carbocycles. The Labute approximate surface area is 187 Å². The molecule has 150 valence electrons. The quantitative estimate of drug-likeness (QED) is 0.333. The van der Waals surface area contributed by atoms with Gasteiger partial charge in [-0.3, -0.25) is 4.79 Å². The van der Waals surface area contributed by atoms with Gasteiger partial charge in [0.25, 0.3) is 5.91 Å². The zero-order valence-corrected chi connectivity index (χ0v) is 18.0. The molecule has 0 aliphatic heterocycles. The molecule has 2 N–H and O–H groups in total. The average Bonchev–Trinajstić information content (AvgIpc) is 3.25. The van der Waals surface area contributed by atoms with Crippen LogP contribution >= 0.6 is 27.5 Å². The number of anilines is 1. The number of rotatable bonds is 5. The Kier molecular flexibility index (Phi) is 6.04. The van der Waals surface area contributed by atoms with Crippen molar-refractivity contribution in [2.75, 3.05) is 5.32 Å². The molecule has 0 fully saturated rings. The van der Waals surface area contributed by atoms with Crippen LogP contribution in [0.4, 0.5) is 5.69 Å². The summed E-state index contributed by atoms with van der Waals surface area (Å²) in [5.41, 5.74) is 2.51. The van der Waals surface area contributed by atoms with Crippen molar-refractivity contribution >= 4 is 39.1 Å². The lowest BCUT2D eigenvalue weighted by atomic mass is 10.00. The summed E-state index contributed by atoms with van der Waals surface area (Å²) in [5.74, 6) is 0.321. The summed E-state index contributed by atoms with van der Waals surface area (Å²) in [4.78, 5) is 12.8. The molecule has 0 radical (unpaired) electrons. The summed E-state index contributed by atoms with van der Waals surface area (Å²) < 4.78 is 6.64. The van der Waals surface area contributed by atoms with Gasteiger partial charge in [-0.2, -0.15) is 0 Å². The minimum absolute atomic E-state index is 0.163. The first-order valence-corrected chi connectivity index (χ1v) is 10.4. The lowest BCUT2D eigenvalue weighted by molar-refractivity contribution is 0.0997. The fraction of sp³-hybridized carbons (Fsp3) is 0.0417. The van der Waals surface area contributed by atoms with Crippen molar-refractivity contribution < 1.29 is 14.3 Å². The molecule has 0 bridgehead atoms. The molecule has 30 heavy (non-hydrogen) atoms. The number of nitrogens with one attached hydrogen (secondary N) is 1. The average molecular weight is 483 g/mol. The molecule has 6 heteroatoms. The lowest BCUT2D eigenvalue weighted by Gasteiger charge is -2.17. The molecular weight excluding hydrogens is 466 g/mol. The summed E-state index contributed by atoms with van der Waals surface area (Å²) in [5, 5.41) is 14.1. The third-order valence-corrected chi connectivity index (χ3v) is 5.57. The second-order valence-corrected chi connectivity index (χ2v) is 7.93. The Bertz CT molecular complexity index is 1190. The van der Waals surface area contributed by atoms with Crippen LogP contribution in [0.3, 0.4) is 0 Å². The second kappa shape index (κ2) is 8.88. The van der Waals surface area contributed by atoms with Crippen molar-refractivity contribution in [1.82, 2.24) is 0 Å². The molecule has 1 unspecified atom stereocenters. The van der Waals surface area contributed by atoms with Gasteiger partial charge in [-0.05, 0) is 42.0 Å². The van der Waals surface area contributed by atoms with E-state index in [1.54, 1.807) is 30.3 Å². The predicted octanol–water partition coefficient (Wildman–Crippen LogP) is 6.70. The van der Waals surface area contributed by atoms with E-state index >= 15 is 0 Å². The maximum absolute atomic E-state index is 12.8. The minimum Gasteiger partial charge on any atom is -0.451 e. The van der Waals surface area contributed by atoms with E-state index in [0.29, 0.717) is 27.6 Å². The third kappa shape index (κ3) is 4.33. The molecule has 4 aromatic rings. The number of hydrogen-bond acceptors (Lipinski definition) is 3. The van der Waals surface area contributed by atoms with Crippen LogP contribution in [0.25, 0.3) is 11.3 Å². The fourth-order valence-corrected chi connectivity index (χ4v) is 3.80. The second-order valence-electron chi connectivity index (χ2n) is 6.64. The maximum Gasteiger partial charge on any atom is 0.291 e. The summed E-state index contributed by atoms with van der Waals surface area (Å²) in [7, 11) is 0. The highest BCUT2D eigenvalue weighted by Gasteiger charge is 2.19. The zero-order chi connectivity index (χ0) is 21.1. The number of carbonyl (C=O) groups is 1. The molecule has 1 atom stereocenters. The number of carbonyl (C=O) groups excluding carboxylic acids is 1. The van der Waals surface area contributed by atoms with Gasteiger partial charge < -0.3 is 14.8 Å². The van der Waals surface area contributed by atoms with Crippen molar-refractivity contribution in [3.8, 4) is 11.3 Å². The molecule has 1 amide bonds. The van der Waals surface area contributed by atoms with Gasteiger partial charge in [0.05, 0.1) is 0 Å². The summed E-state index contributed by atoms with van der Waals surface area (Å²) in [6.45, 7) is 0. The van der Waals surface area contributed by atoms with Gasteiger partial charge in [0.15, 0.2) is 5.76 Å². The van der Waals surface area contributed by atoms with E-state index in [9.17, 15) is 9.90 Å². The van der Waals surface area contributed by atoms with Gasteiger partial charge in [0.2, 0.25) is 0 Å². The molecular formula is C24H17BrClNO3. The summed E-state index contributed by atoms with van der Waals surface area (Å²) in [6, 6.07) is 25.1. The van der Waals surface area contributed by atoms with E-state index in [4.69, 9.17) is 16.0 Å². The Morgan fingerprint density at radius 3 is 2.47 bits per heavy atom. The highest BCUT2D eigenvalue weighted by molar-refractivity contribution is 9.10. The largest absolute Gasteiger partial charge is 0.451 e. The van der Waals surface area contributed by atoms with E-state index in [-0.39, 0.29) is 5.76 Å². The number of aliphatic hydroxyl groups excluding tert-OH is 1. The van der Waals surface area contributed by atoms with E-state index in [1.807, 2.05) is 54.6 Å². The van der Waals surface area contributed by atoms with E-state index in [0.717, 1.165) is 10.0 Å². The van der Waals surface area contributed by atoms with Gasteiger partial charge in [-0.25, -0.2) is 0 Å². The lowest BCUT2D eigenvalue weighted by Crippen LogP contribution is -2.14. The monoisotopic (exact) mass is 481 g/mol. The van der Waals surface area contributed by atoms with Crippen LogP contribution in [0.1, 0.15) is 27.8 Å². The van der Waals surface area contributed by atoms with Gasteiger partial charge in [-0.15, -0.1) is 0 Å². The van der Waals surface area contributed by atoms with Crippen molar-refractivity contribution in [3.05, 3.63) is 111 Å². The third-order valence-electron chi connectivity index (χ3n) is 4.64. The van der Waals surface area contributed by atoms with E-state index in [2.05, 4.69) is 21.2 Å². The van der Waals surface area contributed by atoms with Gasteiger partial charge in [0.1, 0.15) is 11.9 Å². The van der Waals surface area contributed by atoms with Crippen molar-refractivity contribution in [3.63, 3.8) is 0 Å². The Hall–Kier alpha value is -2.86. The van der Waals surface area contributed by atoms with Crippen LogP contribution in [0.5, 0.6) is 0 Å².